The molecule has 1 heterocycles. The Labute approximate surface area is 87.3 Å². The van der Waals surface area contributed by atoms with Gasteiger partial charge in [0.05, 0.1) is 5.60 Å². The van der Waals surface area contributed by atoms with Crippen LogP contribution in [0.25, 0.3) is 0 Å². The van der Waals surface area contributed by atoms with Crippen LogP contribution in [0.4, 0.5) is 0 Å². The zero-order valence-corrected chi connectivity index (χ0v) is 9.29. The van der Waals surface area contributed by atoms with Gasteiger partial charge in [-0.25, -0.2) is 0 Å². The molecule has 1 N–H and O–H groups in total. The normalized spacial score (nSPS) is 29.9. The molecule has 1 fully saturated rings. The molecule has 2 nitrogen and oxygen atoms in total. The molecule has 2 heteroatoms. The van der Waals surface area contributed by atoms with Crippen LogP contribution >= 0.6 is 0 Å². The molecule has 0 aliphatic carbocycles. The first-order chi connectivity index (χ1) is 6.57. The van der Waals surface area contributed by atoms with Gasteiger partial charge in [0, 0.05) is 19.0 Å². The van der Waals surface area contributed by atoms with Crippen molar-refractivity contribution in [3.63, 3.8) is 0 Å². The average Bonchev–Trinajstić information content (AvgIpc) is 2.28. The van der Waals surface area contributed by atoms with Gasteiger partial charge in [0.25, 0.3) is 0 Å². The summed E-state index contributed by atoms with van der Waals surface area (Å²) in [5.74, 6) is 2.58. The minimum Gasteiger partial charge on any atom is -0.389 e. The summed E-state index contributed by atoms with van der Waals surface area (Å²) in [7, 11) is 0. The Hall–Kier alpha value is -0.520. The molecule has 1 rings (SSSR count). The molecule has 0 aromatic heterocycles. The zero-order valence-electron chi connectivity index (χ0n) is 9.29. The van der Waals surface area contributed by atoms with E-state index in [1.54, 1.807) is 0 Å². The Morgan fingerprint density at radius 2 is 2.14 bits per heavy atom. The van der Waals surface area contributed by atoms with Gasteiger partial charge >= 0.3 is 0 Å². The standard InChI is InChI=1S/C12H21NO/c1-4-6-12(14)7-5-9-13(10-8-12)11(2)3/h1,11,14H,5-10H2,2-3H3. The minimum atomic E-state index is -0.599. The minimum absolute atomic E-state index is 0.499. The second-order valence-electron chi connectivity index (χ2n) is 4.59. The van der Waals surface area contributed by atoms with Crippen molar-refractivity contribution in [3.8, 4) is 12.3 Å². The van der Waals surface area contributed by atoms with Crippen LogP contribution in [0.1, 0.15) is 39.5 Å². The van der Waals surface area contributed by atoms with Crippen LogP contribution in [0.5, 0.6) is 0 Å². The van der Waals surface area contributed by atoms with Crippen LogP contribution in [-0.2, 0) is 0 Å². The largest absolute Gasteiger partial charge is 0.389 e. The second-order valence-corrected chi connectivity index (χ2v) is 4.59. The van der Waals surface area contributed by atoms with Crippen LogP contribution in [0.15, 0.2) is 0 Å². The van der Waals surface area contributed by atoms with Gasteiger partial charge in [-0.1, -0.05) is 0 Å². The average molecular weight is 195 g/mol. The van der Waals surface area contributed by atoms with Crippen LogP contribution in [-0.4, -0.2) is 34.7 Å². The molecule has 0 radical (unpaired) electrons. The molecular weight excluding hydrogens is 174 g/mol. The molecule has 1 aliphatic heterocycles. The second kappa shape index (κ2) is 4.82. The topological polar surface area (TPSA) is 23.5 Å². The van der Waals surface area contributed by atoms with Gasteiger partial charge in [-0.05, 0) is 39.7 Å². The molecule has 1 aliphatic rings. The quantitative estimate of drug-likeness (QED) is 0.677. The number of terminal acetylenes is 1. The van der Waals surface area contributed by atoms with Crippen molar-refractivity contribution in [2.45, 2.75) is 51.2 Å². The van der Waals surface area contributed by atoms with Crippen molar-refractivity contribution < 1.29 is 5.11 Å². The SMILES string of the molecule is C#CCC1(O)CCCN(C(C)C)CC1. The zero-order chi connectivity index (χ0) is 10.6. The smallest absolute Gasteiger partial charge is 0.0769 e. The molecule has 0 amide bonds. The fraction of sp³-hybridized carbons (Fsp3) is 0.833. The maximum atomic E-state index is 10.2. The molecule has 80 valence electrons. The van der Waals surface area contributed by atoms with Gasteiger partial charge in [-0.2, -0.15) is 0 Å². The molecule has 0 aromatic rings. The van der Waals surface area contributed by atoms with Crippen LogP contribution in [0.3, 0.4) is 0 Å². The predicted octanol–water partition coefficient (Wildman–Crippen LogP) is 1.64. The van der Waals surface area contributed by atoms with E-state index in [0.29, 0.717) is 12.5 Å². The first kappa shape index (κ1) is 11.6. The third kappa shape index (κ3) is 3.01. The van der Waals surface area contributed by atoms with Crippen LogP contribution in [0.2, 0.25) is 0 Å². The van der Waals surface area contributed by atoms with Crippen molar-refractivity contribution in [2.75, 3.05) is 13.1 Å². The summed E-state index contributed by atoms with van der Waals surface area (Å²) in [5, 5.41) is 10.2. The van der Waals surface area contributed by atoms with E-state index >= 15 is 0 Å². The van der Waals surface area contributed by atoms with Crippen molar-refractivity contribution in [3.05, 3.63) is 0 Å². The monoisotopic (exact) mass is 195 g/mol. The van der Waals surface area contributed by atoms with Gasteiger partial charge in [0.1, 0.15) is 0 Å². The number of hydrogen-bond donors (Lipinski definition) is 1. The lowest BCUT2D eigenvalue weighted by atomic mass is 9.92. The molecule has 0 saturated carbocycles. The maximum absolute atomic E-state index is 10.2. The van der Waals surface area contributed by atoms with Gasteiger partial charge in [-0.15, -0.1) is 12.3 Å². The number of hydrogen-bond acceptors (Lipinski definition) is 2. The fourth-order valence-corrected chi connectivity index (χ4v) is 2.08. The van der Waals surface area contributed by atoms with E-state index in [2.05, 4.69) is 24.7 Å². The van der Waals surface area contributed by atoms with E-state index in [-0.39, 0.29) is 0 Å². The Kier molecular flexibility index (Phi) is 3.97. The first-order valence-corrected chi connectivity index (χ1v) is 5.47. The molecule has 0 spiro atoms. The lowest BCUT2D eigenvalue weighted by Crippen LogP contribution is -2.34. The number of likely N-dealkylation sites (tertiary alicyclic amines) is 1. The third-order valence-electron chi connectivity index (χ3n) is 3.11. The van der Waals surface area contributed by atoms with E-state index in [1.807, 2.05) is 0 Å². The molecule has 1 unspecified atom stereocenters. The van der Waals surface area contributed by atoms with E-state index in [0.717, 1.165) is 32.4 Å². The lowest BCUT2D eigenvalue weighted by molar-refractivity contribution is 0.0296. The van der Waals surface area contributed by atoms with E-state index in [4.69, 9.17) is 6.42 Å². The summed E-state index contributed by atoms with van der Waals surface area (Å²) in [6, 6.07) is 0.572. The lowest BCUT2D eigenvalue weighted by Gasteiger charge is -2.26. The third-order valence-corrected chi connectivity index (χ3v) is 3.11. The molecule has 1 saturated heterocycles. The van der Waals surface area contributed by atoms with Gasteiger partial charge in [0.2, 0.25) is 0 Å². The summed E-state index contributed by atoms with van der Waals surface area (Å²) in [6.45, 7) is 6.46. The van der Waals surface area contributed by atoms with E-state index < -0.39 is 5.60 Å². The molecule has 0 bridgehead atoms. The summed E-state index contributed by atoms with van der Waals surface area (Å²) >= 11 is 0. The fourth-order valence-electron chi connectivity index (χ4n) is 2.08. The number of rotatable bonds is 2. The van der Waals surface area contributed by atoms with Gasteiger partial charge in [0.15, 0.2) is 0 Å². The van der Waals surface area contributed by atoms with Gasteiger partial charge in [-0.3, -0.25) is 0 Å². The van der Waals surface area contributed by atoms with Crippen molar-refractivity contribution in [2.24, 2.45) is 0 Å². The Morgan fingerprint density at radius 3 is 2.71 bits per heavy atom. The molecule has 0 aromatic carbocycles. The Morgan fingerprint density at radius 1 is 1.43 bits per heavy atom. The van der Waals surface area contributed by atoms with Gasteiger partial charge < -0.3 is 10.0 Å². The van der Waals surface area contributed by atoms with E-state index in [9.17, 15) is 5.11 Å². The van der Waals surface area contributed by atoms with Crippen LogP contribution in [0, 0.1) is 12.3 Å². The Balaban J connectivity index is 2.52. The highest BCUT2D eigenvalue weighted by Crippen LogP contribution is 2.25. The predicted molar refractivity (Wildman–Crippen MR) is 59.0 cm³/mol. The summed E-state index contributed by atoms with van der Waals surface area (Å²) in [4.78, 5) is 2.41. The number of nitrogens with zero attached hydrogens (tertiary/aromatic N) is 1. The van der Waals surface area contributed by atoms with Crippen molar-refractivity contribution in [1.29, 1.82) is 0 Å². The highest BCUT2D eigenvalue weighted by atomic mass is 16.3. The van der Waals surface area contributed by atoms with Crippen LogP contribution < -0.4 is 0 Å². The number of aliphatic hydroxyl groups is 1. The Bertz CT molecular complexity index is 219. The van der Waals surface area contributed by atoms with Crippen molar-refractivity contribution >= 4 is 0 Å². The molecular formula is C12H21NO. The van der Waals surface area contributed by atoms with E-state index in [1.165, 1.54) is 0 Å². The summed E-state index contributed by atoms with van der Waals surface area (Å²) in [5.41, 5.74) is -0.599. The first-order valence-electron chi connectivity index (χ1n) is 5.47. The highest BCUT2D eigenvalue weighted by molar-refractivity contribution is 4.96. The molecule has 1 atom stereocenters. The van der Waals surface area contributed by atoms with Crippen molar-refractivity contribution in [1.82, 2.24) is 4.90 Å². The highest BCUT2D eigenvalue weighted by Gasteiger charge is 2.29. The summed E-state index contributed by atoms with van der Waals surface area (Å²) in [6.07, 6.45) is 8.48. The molecule has 14 heavy (non-hydrogen) atoms. The maximum Gasteiger partial charge on any atom is 0.0769 e. The summed E-state index contributed by atoms with van der Waals surface area (Å²) < 4.78 is 0.